The molecule has 0 bridgehead atoms. The highest BCUT2D eigenvalue weighted by Crippen LogP contribution is 2.50. The number of benzene rings is 1. The van der Waals surface area contributed by atoms with Crippen LogP contribution in [0.2, 0.25) is 0 Å². The Morgan fingerprint density at radius 1 is 1.16 bits per heavy atom. The number of aromatic nitrogens is 1. The first kappa shape index (κ1) is 23.8. The molecule has 6 rings (SSSR count). The number of pyridine rings is 1. The molecule has 2 aromatic rings. The average molecular weight is 520 g/mol. The molecule has 3 atom stereocenters. The fourth-order valence-electron chi connectivity index (χ4n) is 5.34. The lowest BCUT2D eigenvalue weighted by atomic mass is 9.96. The van der Waals surface area contributed by atoms with Crippen LogP contribution < -0.4 is 20.3 Å². The van der Waals surface area contributed by atoms with Gasteiger partial charge < -0.3 is 20.3 Å². The van der Waals surface area contributed by atoms with E-state index in [9.17, 15) is 14.4 Å². The molecule has 1 aromatic heterocycles. The van der Waals surface area contributed by atoms with Crippen LogP contribution in [0.4, 0.5) is 16.2 Å². The third-order valence-electron chi connectivity index (χ3n) is 7.47. The summed E-state index contributed by atoms with van der Waals surface area (Å²) in [4.78, 5) is 46.6. The lowest BCUT2D eigenvalue weighted by molar-refractivity contribution is -0.129. The summed E-state index contributed by atoms with van der Waals surface area (Å²) in [6, 6.07) is 8.46. The second kappa shape index (κ2) is 9.74. The molecule has 2 fully saturated rings. The number of piperidine rings is 1. The summed E-state index contributed by atoms with van der Waals surface area (Å²) in [6.07, 6.45) is 8.25. The molecule has 4 aliphatic rings. The molecule has 0 spiro atoms. The number of ether oxygens (including phenoxy) is 1. The number of nitrogens with zero attached hydrogens (tertiary/aromatic N) is 3. The lowest BCUT2D eigenvalue weighted by Gasteiger charge is -2.35. The molecule has 4 heterocycles. The molecule has 2 N–H and O–H groups in total. The molecule has 9 nitrogen and oxygen atoms in total. The first-order chi connectivity index (χ1) is 18.0. The molecule has 1 saturated carbocycles. The van der Waals surface area contributed by atoms with Crippen molar-refractivity contribution in [2.45, 2.75) is 60.6 Å². The van der Waals surface area contributed by atoms with Gasteiger partial charge in [0.2, 0.25) is 11.8 Å². The fourth-order valence-corrected chi connectivity index (χ4v) is 6.58. The van der Waals surface area contributed by atoms with E-state index in [2.05, 4.69) is 22.2 Å². The topological polar surface area (TPSA) is 104 Å². The molecule has 1 aromatic carbocycles. The van der Waals surface area contributed by atoms with Gasteiger partial charge in [-0.2, -0.15) is 0 Å². The molecule has 2 unspecified atom stereocenters. The number of urea groups is 1. The van der Waals surface area contributed by atoms with Crippen molar-refractivity contribution in [3.8, 4) is 5.75 Å². The van der Waals surface area contributed by atoms with E-state index < -0.39 is 11.3 Å². The van der Waals surface area contributed by atoms with Crippen LogP contribution in [0.5, 0.6) is 5.75 Å². The predicted octanol–water partition coefficient (Wildman–Crippen LogP) is 3.68. The van der Waals surface area contributed by atoms with Crippen LogP contribution in [-0.2, 0) is 9.59 Å². The molecule has 3 aliphatic heterocycles. The normalized spacial score (nSPS) is 24.5. The van der Waals surface area contributed by atoms with Crippen LogP contribution in [0.15, 0.2) is 54.2 Å². The van der Waals surface area contributed by atoms with Crippen molar-refractivity contribution in [3.05, 3.63) is 54.7 Å². The summed E-state index contributed by atoms with van der Waals surface area (Å²) in [5, 5.41) is 6.35. The van der Waals surface area contributed by atoms with Crippen LogP contribution in [0.1, 0.15) is 43.7 Å². The smallest absolute Gasteiger partial charge is 0.327 e. The van der Waals surface area contributed by atoms with Gasteiger partial charge in [-0.25, -0.2) is 9.78 Å². The van der Waals surface area contributed by atoms with Crippen molar-refractivity contribution < 1.29 is 19.1 Å². The molecule has 192 valence electrons. The molecular weight excluding hydrogens is 490 g/mol. The number of hydrogen-bond donors (Lipinski definition) is 2. The van der Waals surface area contributed by atoms with Crippen LogP contribution in [0.3, 0.4) is 0 Å². The Morgan fingerprint density at radius 3 is 2.70 bits per heavy atom. The minimum Gasteiger partial charge on any atom is -0.490 e. The van der Waals surface area contributed by atoms with E-state index in [1.54, 1.807) is 16.0 Å². The highest BCUT2D eigenvalue weighted by atomic mass is 32.2. The van der Waals surface area contributed by atoms with Gasteiger partial charge in [-0.15, -0.1) is 0 Å². The Balaban J connectivity index is 1.20. The maximum Gasteiger partial charge on any atom is 0.327 e. The number of carbonyl (C=O) groups excluding carboxylic acids is 3. The molecule has 1 aliphatic carbocycles. The number of carbonyl (C=O) groups is 3. The monoisotopic (exact) mass is 519 g/mol. The number of hydrogen-bond acceptors (Lipinski definition) is 6. The van der Waals surface area contributed by atoms with Gasteiger partial charge in [-0.05, 0) is 68.5 Å². The maximum absolute atomic E-state index is 13.4. The van der Waals surface area contributed by atoms with Crippen molar-refractivity contribution >= 4 is 41.0 Å². The molecular formula is C27H29N5O4S. The molecule has 0 radical (unpaired) electrons. The average Bonchev–Trinajstić information content (AvgIpc) is 3.26. The van der Waals surface area contributed by atoms with Crippen molar-refractivity contribution in [3.63, 3.8) is 0 Å². The summed E-state index contributed by atoms with van der Waals surface area (Å²) >= 11 is 1.37. The van der Waals surface area contributed by atoms with Gasteiger partial charge in [0.25, 0.3) is 0 Å². The third-order valence-corrected chi connectivity index (χ3v) is 8.76. The van der Waals surface area contributed by atoms with Gasteiger partial charge in [0, 0.05) is 30.9 Å². The van der Waals surface area contributed by atoms with Crippen molar-refractivity contribution in [1.82, 2.24) is 20.5 Å². The Kier molecular flexibility index (Phi) is 6.27. The van der Waals surface area contributed by atoms with E-state index in [0.717, 1.165) is 53.4 Å². The van der Waals surface area contributed by atoms with Crippen LogP contribution in [0.25, 0.3) is 0 Å². The second-order valence-electron chi connectivity index (χ2n) is 9.85. The summed E-state index contributed by atoms with van der Waals surface area (Å²) in [5.74, 6) is 0.507. The van der Waals surface area contributed by atoms with Crippen molar-refractivity contribution in [1.29, 1.82) is 0 Å². The Labute approximate surface area is 219 Å². The van der Waals surface area contributed by atoms with Gasteiger partial charge in [0.1, 0.15) is 16.0 Å². The number of thioether (sulfide) groups is 1. The van der Waals surface area contributed by atoms with E-state index in [-0.39, 0.29) is 30.0 Å². The van der Waals surface area contributed by atoms with E-state index in [4.69, 9.17) is 4.74 Å². The van der Waals surface area contributed by atoms with Gasteiger partial charge in [0.05, 0.1) is 23.5 Å². The standard InChI is InChI=1S/C27H29N5O4S/c1-2-21(33)31-14-4-5-16(15-31)29-25(34)24-23-22-20(12-13-28-26(22)37-24)32(27(35)30-23)17-8-10-19(11-9-17)36-18-6-3-7-18/h2,8-13,16,18,23-24H,1,3-7,14-15H2,(H,29,34)(H,30,35)/t16?,23?,24-/m1/s1. The van der Waals surface area contributed by atoms with Crippen LogP contribution in [0, 0.1) is 0 Å². The highest BCUT2D eigenvalue weighted by Gasteiger charge is 2.47. The summed E-state index contributed by atoms with van der Waals surface area (Å²) in [5.41, 5.74) is 2.31. The zero-order chi connectivity index (χ0) is 25.5. The zero-order valence-electron chi connectivity index (χ0n) is 20.4. The summed E-state index contributed by atoms with van der Waals surface area (Å²) in [7, 11) is 0. The van der Waals surface area contributed by atoms with Crippen molar-refractivity contribution in [2.75, 3.05) is 18.0 Å². The SMILES string of the molecule is C=CC(=O)N1CCCC(NC(=O)[C@@H]2Sc3nccc4c3C2NC(=O)N4c2ccc(OC3CCC3)cc2)C1. The Morgan fingerprint density at radius 2 is 1.97 bits per heavy atom. The largest absolute Gasteiger partial charge is 0.490 e. The van der Waals surface area contributed by atoms with E-state index in [1.165, 1.54) is 24.3 Å². The highest BCUT2D eigenvalue weighted by molar-refractivity contribution is 8.01. The number of amides is 4. The third kappa shape index (κ3) is 4.43. The van der Waals surface area contributed by atoms with Gasteiger partial charge >= 0.3 is 6.03 Å². The summed E-state index contributed by atoms with van der Waals surface area (Å²) in [6.45, 7) is 4.68. The minimum atomic E-state index is -0.543. The van der Waals surface area contributed by atoms with E-state index in [1.807, 2.05) is 30.3 Å². The number of rotatable bonds is 6. The zero-order valence-corrected chi connectivity index (χ0v) is 21.2. The van der Waals surface area contributed by atoms with E-state index >= 15 is 0 Å². The quantitative estimate of drug-likeness (QED) is 0.565. The first-order valence-electron chi connectivity index (χ1n) is 12.8. The minimum absolute atomic E-state index is 0.127. The van der Waals surface area contributed by atoms with E-state index in [0.29, 0.717) is 13.1 Å². The molecule has 1 saturated heterocycles. The molecule has 10 heteroatoms. The summed E-state index contributed by atoms with van der Waals surface area (Å²) < 4.78 is 5.96. The fraction of sp³-hybridized carbons (Fsp3) is 0.407. The number of anilines is 2. The second-order valence-corrected chi connectivity index (χ2v) is 11.0. The first-order valence-corrected chi connectivity index (χ1v) is 13.6. The molecule has 37 heavy (non-hydrogen) atoms. The van der Waals surface area contributed by atoms with Gasteiger partial charge in [-0.1, -0.05) is 18.3 Å². The maximum atomic E-state index is 13.4. The van der Waals surface area contributed by atoms with Crippen molar-refractivity contribution in [2.24, 2.45) is 0 Å². The van der Waals surface area contributed by atoms with Gasteiger partial charge in [-0.3, -0.25) is 14.5 Å². The predicted molar refractivity (Wildman–Crippen MR) is 140 cm³/mol. The Hall–Kier alpha value is -3.53. The van der Waals surface area contributed by atoms with Crippen LogP contribution >= 0.6 is 11.8 Å². The van der Waals surface area contributed by atoms with Gasteiger partial charge in [0.15, 0.2) is 0 Å². The number of likely N-dealkylation sites (tertiary alicyclic amines) is 1. The molecule has 4 amide bonds. The number of nitrogens with one attached hydrogen (secondary N) is 2. The Bertz CT molecular complexity index is 1250. The lowest BCUT2D eigenvalue weighted by Crippen LogP contribution is -2.53. The van der Waals surface area contributed by atoms with Crippen LogP contribution in [-0.4, -0.2) is 58.2 Å².